The van der Waals surface area contributed by atoms with E-state index in [0.717, 1.165) is 17.7 Å². The van der Waals surface area contributed by atoms with E-state index < -0.39 is 16.9 Å². The van der Waals surface area contributed by atoms with Crippen molar-refractivity contribution in [3.05, 3.63) is 83.4 Å². The smallest absolute Gasteiger partial charge is 0.264 e. The molecule has 0 saturated carbocycles. The van der Waals surface area contributed by atoms with Crippen LogP contribution in [0.25, 0.3) is 11.1 Å². The first kappa shape index (κ1) is 17.9. The monoisotopic (exact) mass is 375 g/mol. The second kappa shape index (κ2) is 7.54. The zero-order valence-electron chi connectivity index (χ0n) is 13.4. The summed E-state index contributed by atoms with van der Waals surface area (Å²) in [6.45, 7) is 0.242. The largest absolute Gasteiger partial charge is 0.593 e. The van der Waals surface area contributed by atoms with Gasteiger partial charge in [0.2, 0.25) is 0 Å². The maximum Gasteiger partial charge on any atom is 0.264 e. The second-order valence-electron chi connectivity index (χ2n) is 5.60. The predicted molar refractivity (Wildman–Crippen MR) is 95.8 cm³/mol. The Hall–Kier alpha value is -2.92. The zero-order valence-corrected chi connectivity index (χ0v) is 14.2. The number of ether oxygens (including phenoxy) is 1. The lowest BCUT2D eigenvalue weighted by molar-refractivity contribution is 0.108. The van der Waals surface area contributed by atoms with Crippen LogP contribution in [0.2, 0.25) is 0 Å². The fraction of sp³-hybridized carbons (Fsp3) is 0.0500. The summed E-state index contributed by atoms with van der Waals surface area (Å²) in [6.07, 6.45) is 0. The quantitative estimate of drug-likeness (QED) is 0.464. The van der Waals surface area contributed by atoms with Crippen LogP contribution in [0.1, 0.15) is 15.9 Å². The molecule has 0 aliphatic rings. The summed E-state index contributed by atoms with van der Waals surface area (Å²) in [5.74, 6) is -1.58. The van der Waals surface area contributed by atoms with Gasteiger partial charge in [-0.05, 0) is 47.0 Å². The van der Waals surface area contributed by atoms with Gasteiger partial charge in [0.1, 0.15) is 12.4 Å². The third kappa shape index (κ3) is 4.00. The highest BCUT2D eigenvalue weighted by atomic mass is 35.5. The summed E-state index contributed by atoms with van der Waals surface area (Å²) in [7, 11) is 0. The Morgan fingerprint density at radius 1 is 1.00 bits per heavy atom. The second-order valence-corrected chi connectivity index (χ2v) is 5.94. The lowest BCUT2D eigenvalue weighted by Gasteiger charge is -2.08. The first-order valence-corrected chi connectivity index (χ1v) is 8.04. The highest BCUT2D eigenvalue weighted by Crippen LogP contribution is 2.32. The third-order valence-corrected chi connectivity index (χ3v) is 4.00. The van der Waals surface area contributed by atoms with E-state index in [-0.39, 0.29) is 12.4 Å². The zero-order chi connectivity index (χ0) is 18.7. The van der Waals surface area contributed by atoms with E-state index in [2.05, 4.69) is 0 Å². The highest BCUT2D eigenvalue weighted by molar-refractivity contribution is 6.67. The summed E-state index contributed by atoms with van der Waals surface area (Å²) in [5, 5.41) is 7.24. The summed E-state index contributed by atoms with van der Waals surface area (Å²) < 4.78 is 32.2. The molecule has 0 fully saturated rings. The molecule has 3 nitrogen and oxygen atoms in total. The number of hydrogen-bond donors (Lipinski definition) is 0. The lowest BCUT2D eigenvalue weighted by Crippen LogP contribution is -1.97. The maximum absolute atomic E-state index is 13.4. The molecule has 3 rings (SSSR count). The molecule has 0 atom stereocenters. The normalized spacial score (nSPS) is 10.6. The maximum atomic E-state index is 13.4. The van der Waals surface area contributed by atoms with E-state index in [1.165, 1.54) is 0 Å². The number of rotatable bonds is 5. The number of benzene rings is 3. The Morgan fingerprint density at radius 3 is 2.38 bits per heavy atom. The van der Waals surface area contributed by atoms with E-state index in [1.807, 2.05) is 6.07 Å². The van der Waals surface area contributed by atoms with Gasteiger partial charge in [-0.15, -0.1) is 0 Å². The minimum Gasteiger partial charge on any atom is -0.593 e. The van der Waals surface area contributed by atoms with Crippen LogP contribution in [0.4, 0.5) is 8.78 Å². The van der Waals surface area contributed by atoms with Gasteiger partial charge in [0.15, 0.2) is 11.6 Å². The minimum atomic E-state index is -1.05. The van der Waals surface area contributed by atoms with Gasteiger partial charge in [0.25, 0.3) is 11.0 Å². The van der Waals surface area contributed by atoms with Crippen LogP contribution in [0, 0.1) is 11.6 Å². The van der Waals surface area contributed by atoms with Crippen LogP contribution in [0.3, 0.4) is 0 Å². The molecule has 0 amide bonds. The molecule has 0 spiro atoms. The molecule has 0 aliphatic heterocycles. The topological polar surface area (TPSA) is 49.2 Å². The summed E-state index contributed by atoms with van der Waals surface area (Å²) in [5.41, 5.74) is 2.05. The number of hydrogen-bond acceptors (Lipinski definition) is 2. The molecule has 0 aromatic heterocycles. The highest BCUT2D eigenvalue weighted by Gasteiger charge is 2.14. The van der Waals surface area contributed by atoms with E-state index in [1.54, 1.807) is 42.5 Å². The Bertz CT molecular complexity index is 956. The van der Waals surface area contributed by atoms with Crippen LogP contribution in [-0.2, 0) is 6.61 Å². The van der Waals surface area contributed by atoms with E-state index in [9.17, 15) is 13.6 Å². The van der Waals surface area contributed by atoms with Gasteiger partial charge in [0, 0.05) is 5.56 Å². The average molecular weight is 376 g/mol. The molecule has 0 aliphatic carbocycles. The fourth-order valence-corrected chi connectivity index (χ4v) is 2.58. The summed E-state index contributed by atoms with van der Waals surface area (Å²) in [6, 6.07) is 15.3. The van der Waals surface area contributed by atoms with E-state index in [0.29, 0.717) is 22.4 Å². The molecule has 0 radical (unpaired) electrons. The van der Waals surface area contributed by atoms with Gasteiger partial charge in [-0.25, -0.2) is 8.78 Å². The SMILES string of the molecule is O=C(Cl)c1cccc(COc2ccc(-c3cc(F)c(F)cc3[OH2+])cc2)c1. The van der Waals surface area contributed by atoms with Crippen LogP contribution in [0.15, 0.2) is 60.7 Å². The molecule has 6 heteroatoms. The Balaban J connectivity index is 1.73. The van der Waals surface area contributed by atoms with Crippen molar-refractivity contribution in [1.29, 1.82) is 0 Å². The van der Waals surface area contributed by atoms with E-state index >= 15 is 0 Å². The Morgan fingerprint density at radius 2 is 1.69 bits per heavy atom. The molecule has 132 valence electrons. The summed E-state index contributed by atoms with van der Waals surface area (Å²) >= 11 is 5.46. The Kier molecular flexibility index (Phi) is 5.19. The standard InChI is InChI=1S/C20H13ClF2O3/c21-20(25)14-3-1-2-12(8-14)11-26-15-6-4-13(5-7-15)16-9-17(22)18(23)10-19(16)24/h1-10,24H,11H2/p+1. The van der Waals surface area contributed by atoms with Crippen LogP contribution in [-0.4, -0.2) is 10.3 Å². The van der Waals surface area contributed by atoms with Gasteiger partial charge in [-0.1, -0.05) is 30.3 Å². The van der Waals surface area contributed by atoms with Crippen molar-refractivity contribution in [2.45, 2.75) is 6.61 Å². The van der Waals surface area contributed by atoms with Crippen LogP contribution in [0.5, 0.6) is 11.5 Å². The molecule has 0 saturated heterocycles. The third-order valence-electron chi connectivity index (χ3n) is 3.79. The number of carbonyl (C=O) groups excluding carboxylic acids is 1. The van der Waals surface area contributed by atoms with Crippen molar-refractivity contribution >= 4 is 16.8 Å². The van der Waals surface area contributed by atoms with Crippen LogP contribution >= 0.6 is 11.6 Å². The number of carbonyl (C=O) groups is 1. The molecule has 0 heterocycles. The Labute approximate surface area is 153 Å². The van der Waals surface area contributed by atoms with E-state index in [4.69, 9.17) is 21.4 Å². The van der Waals surface area contributed by atoms with Gasteiger partial charge >= 0.3 is 0 Å². The minimum absolute atomic E-state index is 0.0971. The lowest BCUT2D eigenvalue weighted by atomic mass is 10.0. The molecular formula is C20H14ClF2O3+. The van der Waals surface area contributed by atoms with Crippen molar-refractivity contribution in [2.75, 3.05) is 0 Å². The van der Waals surface area contributed by atoms with Crippen molar-refractivity contribution in [3.63, 3.8) is 0 Å². The average Bonchev–Trinajstić information content (AvgIpc) is 2.64. The molecule has 26 heavy (non-hydrogen) atoms. The van der Waals surface area contributed by atoms with Crippen molar-refractivity contribution in [3.8, 4) is 22.6 Å². The van der Waals surface area contributed by atoms with Gasteiger partial charge in [-0.3, -0.25) is 4.79 Å². The van der Waals surface area contributed by atoms with Gasteiger partial charge < -0.3 is 9.84 Å². The van der Waals surface area contributed by atoms with Gasteiger partial charge in [0.05, 0.1) is 11.6 Å². The fourth-order valence-electron chi connectivity index (χ4n) is 2.47. The molecule has 3 aromatic rings. The number of halogens is 3. The molecule has 0 unspecified atom stereocenters. The molecule has 3 aromatic carbocycles. The predicted octanol–water partition coefficient (Wildman–Crippen LogP) is 5.03. The van der Waals surface area contributed by atoms with Crippen molar-refractivity contribution in [1.82, 2.24) is 0 Å². The first-order chi connectivity index (χ1) is 12.4. The molecule has 2 N–H and O–H groups in total. The van der Waals surface area contributed by atoms with Crippen molar-refractivity contribution < 1.29 is 23.4 Å². The van der Waals surface area contributed by atoms with Gasteiger partial charge in [-0.2, -0.15) is 0 Å². The van der Waals surface area contributed by atoms with Crippen molar-refractivity contribution in [2.24, 2.45) is 0 Å². The summed E-state index contributed by atoms with van der Waals surface area (Å²) in [4.78, 5) is 11.2. The molecular weight excluding hydrogens is 362 g/mol. The van der Waals surface area contributed by atoms with Crippen LogP contribution < -0.4 is 4.74 Å². The first-order valence-electron chi connectivity index (χ1n) is 7.66. The molecule has 0 bridgehead atoms.